The van der Waals surface area contributed by atoms with E-state index in [0.717, 1.165) is 0 Å². The van der Waals surface area contributed by atoms with Crippen molar-refractivity contribution in [1.82, 2.24) is 5.32 Å². The van der Waals surface area contributed by atoms with Gasteiger partial charge in [-0.15, -0.1) is 0 Å². The molecule has 0 rings (SSSR count). The van der Waals surface area contributed by atoms with Gasteiger partial charge in [-0.3, -0.25) is 9.59 Å². The predicted molar refractivity (Wildman–Crippen MR) is 149 cm³/mol. The summed E-state index contributed by atoms with van der Waals surface area (Å²) in [6.07, 6.45) is 0.232. The van der Waals surface area contributed by atoms with Gasteiger partial charge in [0, 0.05) is 6.54 Å². The van der Waals surface area contributed by atoms with E-state index in [9.17, 15) is 9.59 Å². The van der Waals surface area contributed by atoms with E-state index in [-0.39, 0.29) is 18.3 Å². The zero-order valence-corrected chi connectivity index (χ0v) is 25.5. The lowest BCUT2D eigenvalue weighted by Crippen LogP contribution is -2.28. The van der Waals surface area contributed by atoms with Crippen LogP contribution < -0.4 is 5.32 Å². The third-order valence-electron chi connectivity index (χ3n) is 4.16. The number of nitrogens with one attached hydrogen (secondary N) is 1. The van der Waals surface area contributed by atoms with Crippen LogP contribution >= 0.6 is 22.6 Å². The molecule has 0 radical (unpaired) electrons. The van der Waals surface area contributed by atoms with Crippen molar-refractivity contribution in [3.05, 3.63) is 0 Å². The van der Waals surface area contributed by atoms with Crippen LogP contribution in [0, 0.1) is 0 Å². The fourth-order valence-corrected chi connectivity index (χ4v) is 2.77. The van der Waals surface area contributed by atoms with Crippen molar-refractivity contribution < 1.29 is 52.2 Å². The summed E-state index contributed by atoms with van der Waals surface area (Å²) in [4.78, 5) is 22.6. The SMILES string of the molecule is CC(C)(C)OC(=O)CCOCCOCCOCCOCCOCCOCCOCCOCCNC(=O)CI. The maximum atomic E-state index is 11.5. The number of hydrogen-bond acceptors (Lipinski definition) is 11. The first-order chi connectivity index (χ1) is 18.3. The summed E-state index contributed by atoms with van der Waals surface area (Å²) < 4.78 is 48.9. The summed E-state index contributed by atoms with van der Waals surface area (Å²) in [5.74, 6) is -0.254. The predicted octanol–water partition coefficient (Wildman–Crippen LogP) is 1.40. The average Bonchev–Trinajstić information content (AvgIpc) is 2.87. The molecule has 0 fully saturated rings. The van der Waals surface area contributed by atoms with Crippen LogP contribution in [-0.2, 0) is 52.2 Å². The molecule has 1 amide bonds. The highest BCUT2D eigenvalue weighted by Crippen LogP contribution is 2.08. The molecule has 0 aliphatic rings. The molecule has 0 aliphatic heterocycles. The molecule has 0 spiro atoms. The molecule has 0 saturated heterocycles. The van der Waals surface area contributed by atoms with Crippen molar-refractivity contribution in [3.8, 4) is 0 Å². The molecule has 38 heavy (non-hydrogen) atoms. The van der Waals surface area contributed by atoms with Gasteiger partial charge in [0.05, 0.1) is 117 Å². The number of rotatable bonds is 28. The number of alkyl halides is 1. The standard InChI is InChI=1S/C25H48INO11/c1-25(2,3)38-24(29)4-6-30-8-10-32-12-14-34-16-18-36-20-21-37-19-17-35-15-13-33-11-9-31-7-5-27-23(28)22-26/h4-22H2,1-3H3,(H,27,28). The second-order valence-corrected chi connectivity index (χ2v) is 9.48. The van der Waals surface area contributed by atoms with Gasteiger partial charge in [0.1, 0.15) is 5.60 Å². The molecule has 0 heterocycles. The molecular weight excluding hydrogens is 617 g/mol. The third kappa shape index (κ3) is 31.6. The van der Waals surface area contributed by atoms with Crippen LogP contribution in [0.1, 0.15) is 27.2 Å². The van der Waals surface area contributed by atoms with Crippen LogP contribution in [0.15, 0.2) is 0 Å². The minimum absolute atomic E-state index is 0.0111. The van der Waals surface area contributed by atoms with Crippen LogP contribution in [0.25, 0.3) is 0 Å². The lowest BCUT2D eigenvalue weighted by molar-refractivity contribution is -0.156. The fraction of sp³-hybridized carbons (Fsp3) is 0.920. The smallest absolute Gasteiger partial charge is 0.308 e. The van der Waals surface area contributed by atoms with Crippen molar-refractivity contribution in [3.63, 3.8) is 0 Å². The van der Waals surface area contributed by atoms with Crippen LogP contribution in [-0.4, -0.2) is 134 Å². The molecule has 1 N–H and O–H groups in total. The number of esters is 1. The summed E-state index contributed by atoms with van der Waals surface area (Å²) in [6, 6.07) is 0. The first-order valence-electron chi connectivity index (χ1n) is 13.0. The van der Waals surface area contributed by atoms with Gasteiger partial charge in [0.25, 0.3) is 0 Å². The first kappa shape index (κ1) is 37.4. The molecule has 0 bridgehead atoms. The van der Waals surface area contributed by atoms with E-state index in [1.54, 1.807) is 0 Å². The Morgan fingerprint density at radius 1 is 0.553 bits per heavy atom. The molecule has 0 atom stereocenters. The Labute approximate surface area is 241 Å². The molecule has 13 heteroatoms. The average molecular weight is 666 g/mol. The minimum Gasteiger partial charge on any atom is -0.460 e. The van der Waals surface area contributed by atoms with Gasteiger partial charge in [0.15, 0.2) is 0 Å². The molecule has 0 aromatic heterocycles. The zero-order valence-electron chi connectivity index (χ0n) is 23.3. The van der Waals surface area contributed by atoms with E-state index in [2.05, 4.69) is 5.32 Å². The normalized spacial score (nSPS) is 11.6. The molecule has 0 aliphatic carbocycles. The Hall–Kier alpha value is -0.650. The van der Waals surface area contributed by atoms with E-state index in [4.69, 9.17) is 42.6 Å². The van der Waals surface area contributed by atoms with Gasteiger partial charge in [-0.2, -0.15) is 0 Å². The highest BCUT2D eigenvalue weighted by molar-refractivity contribution is 14.1. The van der Waals surface area contributed by atoms with Crippen molar-refractivity contribution >= 4 is 34.5 Å². The summed E-state index contributed by atoms with van der Waals surface area (Å²) >= 11 is 2.01. The number of halogens is 1. The summed E-state index contributed by atoms with van der Waals surface area (Å²) in [6.45, 7) is 13.5. The lowest BCUT2D eigenvalue weighted by Gasteiger charge is -2.19. The van der Waals surface area contributed by atoms with Gasteiger partial charge in [-0.1, -0.05) is 22.6 Å². The molecule has 0 unspecified atom stereocenters. The van der Waals surface area contributed by atoms with Gasteiger partial charge in [0.2, 0.25) is 5.91 Å². The monoisotopic (exact) mass is 665 g/mol. The Morgan fingerprint density at radius 3 is 1.18 bits per heavy atom. The number of hydrogen-bond donors (Lipinski definition) is 1. The first-order valence-corrected chi connectivity index (χ1v) is 14.5. The van der Waals surface area contributed by atoms with Gasteiger partial charge in [-0.05, 0) is 20.8 Å². The van der Waals surface area contributed by atoms with Crippen molar-refractivity contribution in [2.45, 2.75) is 32.8 Å². The largest absolute Gasteiger partial charge is 0.460 e. The summed E-state index contributed by atoms with van der Waals surface area (Å²) in [5, 5.41) is 2.73. The number of amides is 1. The Morgan fingerprint density at radius 2 is 0.868 bits per heavy atom. The van der Waals surface area contributed by atoms with Gasteiger partial charge >= 0.3 is 5.97 Å². The van der Waals surface area contributed by atoms with E-state index < -0.39 is 5.60 Å². The van der Waals surface area contributed by atoms with Crippen molar-refractivity contribution in [2.75, 3.05) is 117 Å². The Bertz CT molecular complexity index is 550. The van der Waals surface area contributed by atoms with E-state index in [1.807, 2.05) is 43.4 Å². The molecular formula is C25H48INO11. The second-order valence-electron chi connectivity index (χ2n) is 8.72. The quantitative estimate of drug-likeness (QED) is 0.0564. The van der Waals surface area contributed by atoms with Crippen LogP contribution in [0.3, 0.4) is 0 Å². The van der Waals surface area contributed by atoms with E-state index >= 15 is 0 Å². The second kappa shape index (κ2) is 27.9. The highest BCUT2D eigenvalue weighted by atomic mass is 127. The van der Waals surface area contributed by atoms with Crippen LogP contribution in [0.5, 0.6) is 0 Å². The molecule has 12 nitrogen and oxygen atoms in total. The molecule has 0 aromatic carbocycles. The number of ether oxygens (including phenoxy) is 9. The summed E-state index contributed by atoms with van der Waals surface area (Å²) in [7, 11) is 0. The van der Waals surface area contributed by atoms with Crippen molar-refractivity contribution in [1.29, 1.82) is 0 Å². The van der Waals surface area contributed by atoms with Crippen molar-refractivity contribution in [2.24, 2.45) is 0 Å². The van der Waals surface area contributed by atoms with Crippen LogP contribution in [0.2, 0.25) is 0 Å². The zero-order chi connectivity index (χ0) is 28.2. The maximum Gasteiger partial charge on any atom is 0.308 e. The van der Waals surface area contributed by atoms with Gasteiger partial charge < -0.3 is 47.9 Å². The molecule has 0 aromatic rings. The molecule has 226 valence electrons. The topological polar surface area (TPSA) is 129 Å². The van der Waals surface area contributed by atoms with Gasteiger partial charge in [-0.25, -0.2) is 0 Å². The Balaban J connectivity index is 3.12. The minimum atomic E-state index is -0.472. The van der Waals surface area contributed by atoms with Crippen LogP contribution in [0.4, 0.5) is 0 Å². The summed E-state index contributed by atoms with van der Waals surface area (Å²) in [5.41, 5.74) is -0.472. The number of carbonyl (C=O) groups excluding carboxylic acids is 2. The fourth-order valence-electron chi connectivity index (χ4n) is 2.50. The third-order valence-corrected chi connectivity index (χ3v) is 4.86. The van der Waals surface area contributed by atoms with E-state index in [1.165, 1.54) is 0 Å². The number of carbonyl (C=O) groups is 2. The lowest BCUT2D eigenvalue weighted by atomic mass is 10.2. The molecule has 0 saturated carbocycles. The Kier molecular flexibility index (Phi) is 27.4. The van der Waals surface area contributed by atoms with E-state index in [0.29, 0.717) is 117 Å². The maximum absolute atomic E-state index is 11.5. The highest BCUT2D eigenvalue weighted by Gasteiger charge is 2.15.